The molecule has 0 fully saturated rings. The zero-order valence-electron chi connectivity index (χ0n) is 15.7. The molecule has 128 valence electrons. The van der Waals surface area contributed by atoms with Gasteiger partial charge in [-0.1, -0.05) is 62.3 Å². The van der Waals surface area contributed by atoms with Gasteiger partial charge in [-0.25, -0.2) is 0 Å². The first-order valence-corrected chi connectivity index (χ1v) is 7.91. The number of carbonyl (C=O) groups excluding carboxylic acids is 3. The van der Waals surface area contributed by atoms with Gasteiger partial charge in [0.05, 0.1) is 6.04 Å². The molecule has 0 aromatic heterocycles. The first-order chi connectivity index (χ1) is 9.54. The molecule has 22 heavy (non-hydrogen) atoms. The van der Waals surface area contributed by atoms with Crippen molar-refractivity contribution in [1.29, 1.82) is 0 Å². The lowest BCUT2D eigenvalue weighted by Crippen LogP contribution is -2.48. The molecule has 0 aromatic rings. The van der Waals surface area contributed by atoms with E-state index in [4.69, 9.17) is 0 Å². The molecule has 1 N–H and O–H groups in total. The molecule has 0 heterocycles. The fourth-order valence-electron chi connectivity index (χ4n) is 1.95. The SMILES string of the molecule is CC(C)(C)CC(=O)NC(CC(=O)C(C)(C)C)C(=O)C(C)(C)C. The molecule has 4 nitrogen and oxygen atoms in total. The highest BCUT2D eigenvalue weighted by atomic mass is 16.2. The van der Waals surface area contributed by atoms with Crippen LogP contribution in [0.15, 0.2) is 0 Å². The number of rotatable bonds is 5. The van der Waals surface area contributed by atoms with E-state index in [2.05, 4.69) is 5.32 Å². The Morgan fingerprint density at radius 2 is 1.27 bits per heavy atom. The van der Waals surface area contributed by atoms with Gasteiger partial charge in [0.1, 0.15) is 5.78 Å². The van der Waals surface area contributed by atoms with Crippen LogP contribution in [0, 0.1) is 16.2 Å². The molecule has 1 unspecified atom stereocenters. The topological polar surface area (TPSA) is 63.2 Å². The van der Waals surface area contributed by atoms with Crippen molar-refractivity contribution in [2.24, 2.45) is 16.2 Å². The maximum atomic E-state index is 12.6. The molecule has 0 bridgehead atoms. The van der Waals surface area contributed by atoms with E-state index >= 15 is 0 Å². The van der Waals surface area contributed by atoms with Crippen molar-refractivity contribution in [3.8, 4) is 0 Å². The molecular weight excluding hydrogens is 278 g/mol. The van der Waals surface area contributed by atoms with Crippen molar-refractivity contribution in [3.63, 3.8) is 0 Å². The van der Waals surface area contributed by atoms with Crippen LogP contribution in [0.5, 0.6) is 0 Å². The molecular formula is C18H33NO3. The molecule has 0 aliphatic heterocycles. The normalized spacial score (nSPS) is 14.4. The third kappa shape index (κ3) is 7.71. The molecule has 0 spiro atoms. The van der Waals surface area contributed by atoms with Crippen molar-refractivity contribution in [2.45, 2.75) is 81.2 Å². The Morgan fingerprint density at radius 1 is 0.818 bits per heavy atom. The summed E-state index contributed by atoms with van der Waals surface area (Å²) in [4.78, 5) is 37.0. The van der Waals surface area contributed by atoms with Crippen molar-refractivity contribution >= 4 is 17.5 Å². The summed E-state index contributed by atoms with van der Waals surface area (Å²) in [5.41, 5.74) is -1.28. The van der Waals surface area contributed by atoms with Crippen LogP contribution in [0.4, 0.5) is 0 Å². The number of hydrogen-bond acceptors (Lipinski definition) is 3. The molecule has 0 aliphatic rings. The number of nitrogens with one attached hydrogen (secondary N) is 1. The Kier molecular flexibility index (Phi) is 6.55. The lowest BCUT2D eigenvalue weighted by atomic mass is 9.80. The molecule has 0 saturated carbocycles. The van der Waals surface area contributed by atoms with Gasteiger partial charge in [-0.3, -0.25) is 14.4 Å². The monoisotopic (exact) mass is 311 g/mol. The summed E-state index contributed by atoms with van der Waals surface area (Å²) >= 11 is 0. The molecule has 0 aromatic carbocycles. The fourth-order valence-corrected chi connectivity index (χ4v) is 1.95. The predicted octanol–water partition coefficient (Wildman–Crippen LogP) is 3.53. The van der Waals surface area contributed by atoms with Crippen LogP contribution >= 0.6 is 0 Å². The Bertz CT molecular complexity index is 431. The summed E-state index contributed by atoms with van der Waals surface area (Å²) in [6.45, 7) is 16.8. The number of carbonyl (C=O) groups is 3. The zero-order chi connectivity index (χ0) is 17.9. The third-order valence-electron chi connectivity index (χ3n) is 3.31. The van der Waals surface area contributed by atoms with Gasteiger partial charge in [0, 0.05) is 23.7 Å². The minimum Gasteiger partial charge on any atom is -0.346 e. The van der Waals surface area contributed by atoms with E-state index in [0.29, 0.717) is 6.42 Å². The van der Waals surface area contributed by atoms with Crippen LogP contribution in [0.3, 0.4) is 0 Å². The van der Waals surface area contributed by atoms with E-state index in [1.165, 1.54) is 0 Å². The average Bonchev–Trinajstić information content (AvgIpc) is 2.21. The first kappa shape index (κ1) is 20.8. The minimum atomic E-state index is -0.749. The second kappa shape index (κ2) is 6.93. The molecule has 0 radical (unpaired) electrons. The van der Waals surface area contributed by atoms with Crippen LogP contribution in [-0.4, -0.2) is 23.5 Å². The van der Waals surface area contributed by atoms with E-state index in [9.17, 15) is 14.4 Å². The first-order valence-electron chi connectivity index (χ1n) is 7.91. The van der Waals surface area contributed by atoms with Crippen LogP contribution in [-0.2, 0) is 14.4 Å². The van der Waals surface area contributed by atoms with Gasteiger partial charge in [0.2, 0.25) is 5.91 Å². The van der Waals surface area contributed by atoms with Gasteiger partial charge in [0.15, 0.2) is 5.78 Å². The van der Waals surface area contributed by atoms with Crippen molar-refractivity contribution < 1.29 is 14.4 Å². The van der Waals surface area contributed by atoms with E-state index in [0.717, 1.165) is 0 Å². The lowest BCUT2D eigenvalue weighted by Gasteiger charge is -2.28. The largest absolute Gasteiger partial charge is 0.346 e. The van der Waals surface area contributed by atoms with Gasteiger partial charge in [0.25, 0.3) is 0 Å². The molecule has 0 aliphatic carbocycles. The standard InChI is InChI=1S/C18H33NO3/c1-16(2,3)11-14(21)19-12(15(22)18(7,8)9)10-13(20)17(4,5)6/h12H,10-11H2,1-9H3,(H,19,21). The van der Waals surface area contributed by atoms with Crippen LogP contribution < -0.4 is 5.32 Å². The van der Waals surface area contributed by atoms with E-state index in [-0.39, 0.29) is 29.3 Å². The molecule has 4 heteroatoms. The average molecular weight is 311 g/mol. The van der Waals surface area contributed by atoms with E-state index in [1.807, 2.05) is 41.5 Å². The maximum Gasteiger partial charge on any atom is 0.221 e. The predicted molar refractivity (Wildman–Crippen MR) is 89.5 cm³/mol. The molecule has 0 saturated heterocycles. The number of Topliss-reactive ketones (excluding diaryl/α,β-unsaturated/α-hetero) is 2. The van der Waals surface area contributed by atoms with Crippen molar-refractivity contribution in [2.75, 3.05) is 0 Å². The van der Waals surface area contributed by atoms with Gasteiger partial charge in [-0.05, 0) is 5.41 Å². The van der Waals surface area contributed by atoms with Crippen LogP contribution in [0.2, 0.25) is 0 Å². The van der Waals surface area contributed by atoms with E-state index < -0.39 is 16.9 Å². The van der Waals surface area contributed by atoms with Gasteiger partial charge >= 0.3 is 0 Å². The summed E-state index contributed by atoms with van der Waals surface area (Å²) in [7, 11) is 0. The van der Waals surface area contributed by atoms with Crippen LogP contribution in [0.1, 0.15) is 75.2 Å². The highest BCUT2D eigenvalue weighted by molar-refractivity contribution is 5.97. The summed E-state index contributed by atoms with van der Waals surface area (Å²) in [5, 5.41) is 2.77. The Balaban J connectivity index is 5.16. The van der Waals surface area contributed by atoms with Gasteiger partial charge in [-0.15, -0.1) is 0 Å². The van der Waals surface area contributed by atoms with Crippen LogP contribution in [0.25, 0.3) is 0 Å². The number of ketones is 2. The Morgan fingerprint density at radius 3 is 1.59 bits per heavy atom. The smallest absolute Gasteiger partial charge is 0.221 e. The summed E-state index contributed by atoms with van der Waals surface area (Å²) in [6.07, 6.45) is 0.375. The summed E-state index contributed by atoms with van der Waals surface area (Å²) < 4.78 is 0. The van der Waals surface area contributed by atoms with E-state index in [1.54, 1.807) is 20.8 Å². The molecule has 0 rings (SSSR count). The maximum absolute atomic E-state index is 12.6. The fraction of sp³-hybridized carbons (Fsp3) is 0.833. The highest BCUT2D eigenvalue weighted by Crippen LogP contribution is 2.24. The highest BCUT2D eigenvalue weighted by Gasteiger charge is 2.35. The summed E-state index contributed by atoms with van der Waals surface area (Å²) in [6, 6.07) is -0.749. The van der Waals surface area contributed by atoms with Crippen molar-refractivity contribution in [3.05, 3.63) is 0 Å². The summed E-state index contributed by atoms with van der Waals surface area (Å²) in [5.74, 6) is -0.310. The number of amides is 1. The van der Waals surface area contributed by atoms with Crippen molar-refractivity contribution in [1.82, 2.24) is 5.32 Å². The Labute approximate surface area is 135 Å². The third-order valence-corrected chi connectivity index (χ3v) is 3.31. The minimum absolute atomic E-state index is 0.0221. The second-order valence-electron chi connectivity index (χ2n) is 9.35. The Hall–Kier alpha value is -1.19. The molecule has 1 amide bonds. The second-order valence-corrected chi connectivity index (χ2v) is 9.35. The lowest BCUT2D eigenvalue weighted by molar-refractivity contribution is -0.136. The quantitative estimate of drug-likeness (QED) is 0.845. The molecule has 1 atom stereocenters. The van der Waals surface area contributed by atoms with Gasteiger partial charge in [-0.2, -0.15) is 0 Å². The van der Waals surface area contributed by atoms with Gasteiger partial charge < -0.3 is 5.32 Å². The zero-order valence-corrected chi connectivity index (χ0v) is 15.7. The number of hydrogen-bond donors (Lipinski definition) is 1.